The van der Waals surface area contributed by atoms with Crippen molar-refractivity contribution in [1.29, 1.82) is 0 Å². The lowest BCUT2D eigenvalue weighted by atomic mass is 10.1. The number of carbonyl (C=O) groups excluding carboxylic acids is 1. The fourth-order valence-corrected chi connectivity index (χ4v) is 2.77. The molecule has 0 atom stereocenters. The minimum atomic E-state index is -1.13. The number of anilines is 1. The van der Waals surface area contributed by atoms with Crippen LogP contribution in [0.25, 0.3) is 0 Å². The summed E-state index contributed by atoms with van der Waals surface area (Å²) in [7, 11) is 0. The molecule has 2 aromatic rings. The van der Waals surface area contributed by atoms with E-state index in [1.165, 1.54) is 23.5 Å². The van der Waals surface area contributed by atoms with E-state index in [0.717, 1.165) is 10.4 Å². The molecule has 4 nitrogen and oxygen atoms in total. The van der Waals surface area contributed by atoms with Crippen LogP contribution in [0.5, 0.6) is 0 Å². The van der Waals surface area contributed by atoms with Crippen molar-refractivity contribution in [3.8, 4) is 0 Å². The molecule has 0 radical (unpaired) electrons. The second-order valence-electron chi connectivity index (χ2n) is 4.28. The molecule has 0 fully saturated rings. The number of thiophene rings is 1. The van der Waals surface area contributed by atoms with Gasteiger partial charge in [0.1, 0.15) is 0 Å². The summed E-state index contributed by atoms with van der Waals surface area (Å²) in [6.45, 7) is 3.83. The van der Waals surface area contributed by atoms with Gasteiger partial charge in [0.2, 0.25) is 0 Å². The lowest BCUT2D eigenvalue weighted by molar-refractivity contribution is 0.0696. The first-order chi connectivity index (χ1) is 9.40. The number of aromatic carboxylic acids is 1. The van der Waals surface area contributed by atoms with Crippen molar-refractivity contribution in [3.63, 3.8) is 0 Å². The minimum absolute atomic E-state index is 0.0392. The Bertz CT molecular complexity index is 694. The number of carbonyl (C=O) groups is 2. The molecule has 0 bridgehead atoms. The number of hydrogen-bond donors (Lipinski definition) is 2. The molecule has 2 N–H and O–H groups in total. The molecule has 0 saturated heterocycles. The van der Waals surface area contributed by atoms with Gasteiger partial charge in [0.25, 0.3) is 5.91 Å². The Morgan fingerprint density at radius 1 is 1.25 bits per heavy atom. The van der Waals surface area contributed by atoms with Gasteiger partial charge < -0.3 is 10.4 Å². The molecule has 0 saturated carbocycles. The number of amides is 1. The van der Waals surface area contributed by atoms with E-state index in [0.29, 0.717) is 11.3 Å². The van der Waals surface area contributed by atoms with Crippen molar-refractivity contribution >= 4 is 40.5 Å². The third kappa shape index (κ3) is 2.84. The number of carboxylic acids is 1. The van der Waals surface area contributed by atoms with Crippen molar-refractivity contribution < 1.29 is 14.7 Å². The van der Waals surface area contributed by atoms with E-state index in [-0.39, 0.29) is 16.5 Å². The van der Waals surface area contributed by atoms with E-state index in [1.807, 2.05) is 13.8 Å². The normalized spacial score (nSPS) is 10.3. The summed E-state index contributed by atoms with van der Waals surface area (Å²) in [5.41, 5.74) is 1.89. The van der Waals surface area contributed by atoms with Gasteiger partial charge in [-0.2, -0.15) is 0 Å². The maximum atomic E-state index is 12.1. The number of halogens is 1. The summed E-state index contributed by atoms with van der Waals surface area (Å²) >= 11 is 7.29. The maximum Gasteiger partial charge on any atom is 0.337 e. The zero-order valence-electron chi connectivity index (χ0n) is 10.9. The highest BCUT2D eigenvalue weighted by atomic mass is 35.5. The molecule has 1 aromatic heterocycles. The van der Waals surface area contributed by atoms with Crippen LogP contribution in [-0.2, 0) is 0 Å². The standard InChI is InChI=1S/C14H12ClNO3S/c1-7-8(2)20-6-11(7)13(17)16-9-3-4-12(15)10(5-9)14(18)19/h3-6H,1-2H3,(H,16,17)(H,18,19). The summed E-state index contributed by atoms with van der Waals surface area (Å²) < 4.78 is 0. The third-order valence-electron chi connectivity index (χ3n) is 2.98. The first kappa shape index (κ1) is 14.6. The summed E-state index contributed by atoms with van der Waals surface area (Å²) in [5.74, 6) is -1.39. The molecule has 6 heteroatoms. The van der Waals surface area contributed by atoms with E-state index in [1.54, 1.807) is 11.4 Å². The summed E-state index contributed by atoms with van der Waals surface area (Å²) in [6.07, 6.45) is 0. The van der Waals surface area contributed by atoms with Gasteiger partial charge in [-0.15, -0.1) is 11.3 Å². The molecular weight excluding hydrogens is 298 g/mol. The molecular formula is C14H12ClNO3S. The molecule has 0 aliphatic heterocycles. The molecule has 0 spiro atoms. The van der Waals surface area contributed by atoms with Crippen LogP contribution < -0.4 is 5.32 Å². The van der Waals surface area contributed by atoms with Crippen molar-refractivity contribution in [3.05, 3.63) is 50.2 Å². The largest absolute Gasteiger partial charge is 0.478 e. The van der Waals surface area contributed by atoms with E-state index < -0.39 is 5.97 Å². The Morgan fingerprint density at radius 2 is 1.95 bits per heavy atom. The van der Waals surface area contributed by atoms with E-state index >= 15 is 0 Å². The second kappa shape index (κ2) is 5.64. The molecule has 2 rings (SSSR count). The van der Waals surface area contributed by atoms with Crippen LogP contribution in [0.2, 0.25) is 5.02 Å². The molecule has 0 aliphatic carbocycles. The first-order valence-electron chi connectivity index (χ1n) is 5.79. The Hall–Kier alpha value is -1.85. The Morgan fingerprint density at radius 3 is 2.50 bits per heavy atom. The fourth-order valence-electron chi connectivity index (χ4n) is 1.70. The minimum Gasteiger partial charge on any atom is -0.478 e. The average Bonchev–Trinajstić information content (AvgIpc) is 2.72. The average molecular weight is 310 g/mol. The van der Waals surface area contributed by atoms with Crippen molar-refractivity contribution in [1.82, 2.24) is 0 Å². The van der Waals surface area contributed by atoms with Crippen LogP contribution >= 0.6 is 22.9 Å². The molecule has 1 aromatic carbocycles. The lowest BCUT2D eigenvalue weighted by Crippen LogP contribution is -2.13. The quantitative estimate of drug-likeness (QED) is 0.901. The fraction of sp³-hybridized carbons (Fsp3) is 0.143. The van der Waals surface area contributed by atoms with Gasteiger partial charge in [-0.25, -0.2) is 4.79 Å². The zero-order chi connectivity index (χ0) is 14.9. The van der Waals surface area contributed by atoms with Crippen molar-refractivity contribution in [2.75, 3.05) is 5.32 Å². The highest BCUT2D eigenvalue weighted by molar-refractivity contribution is 7.10. The number of benzene rings is 1. The van der Waals surface area contributed by atoms with Crippen LogP contribution in [0.4, 0.5) is 5.69 Å². The number of carboxylic acid groups (broad SMARTS) is 1. The van der Waals surface area contributed by atoms with Gasteiger partial charge in [0.05, 0.1) is 16.1 Å². The lowest BCUT2D eigenvalue weighted by Gasteiger charge is -2.07. The molecule has 0 aliphatic rings. The summed E-state index contributed by atoms with van der Waals surface area (Å²) in [4.78, 5) is 24.2. The Labute approximate surface area is 125 Å². The molecule has 20 heavy (non-hydrogen) atoms. The van der Waals surface area contributed by atoms with Crippen LogP contribution in [0.1, 0.15) is 31.2 Å². The van der Waals surface area contributed by atoms with E-state index in [9.17, 15) is 9.59 Å². The topological polar surface area (TPSA) is 66.4 Å². The number of rotatable bonds is 3. The van der Waals surface area contributed by atoms with E-state index in [4.69, 9.17) is 16.7 Å². The predicted molar refractivity (Wildman–Crippen MR) is 80.2 cm³/mol. The van der Waals surface area contributed by atoms with Gasteiger partial charge in [-0.1, -0.05) is 11.6 Å². The Balaban J connectivity index is 2.26. The van der Waals surface area contributed by atoms with Gasteiger partial charge in [0.15, 0.2) is 0 Å². The number of hydrogen-bond acceptors (Lipinski definition) is 3. The highest BCUT2D eigenvalue weighted by Gasteiger charge is 2.14. The van der Waals surface area contributed by atoms with Crippen LogP contribution in [0, 0.1) is 13.8 Å². The predicted octanol–water partition coefficient (Wildman–Crippen LogP) is 3.97. The summed E-state index contributed by atoms with van der Waals surface area (Å²) in [5, 5.41) is 13.6. The van der Waals surface area contributed by atoms with Crippen LogP contribution in [0.3, 0.4) is 0 Å². The van der Waals surface area contributed by atoms with Gasteiger partial charge >= 0.3 is 5.97 Å². The highest BCUT2D eigenvalue weighted by Crippen LogP contribution is 2.24. The molecule has 1 amide bonds. The summed E-state index contributed by atoms with van der Waals surface area (Å²) in [6, 6.07) is 4.37. The zero-order valence-corrected chi connectivity index (χ0v) is 12.4. The third-order valence-corrected chi connectivity index (χ3v) is 4.33. The SMILES string of the molecule is Cc1scc(C(=O)Nc2ccc(Cl)c(C(=O)O)c2)c1C. The first-order valence-corrected chi connectivity index (χ1v) is 7.04. The van der Waals surface area contributed by atoms with Crippen molar-refractivity contribution in [2.24, 2.45) is 0 Å². The maximum absolute atomic E-state index is 12.1. The number of aryl methyl sites for hydroxylation is 1. The smallest absolute Gasteiger partial charge is 0.337 e. The van der Waals surface area contributed by atoms with Gasteiger partial charge in [0, 0.05) is 15.9 Å². The monoisotopic (exact) mass is 309 g/mol. The molecule has 1 heterocycles. The van der Waals surface area contributed by atoms with Crippen molar-refractivity contribution in [2.45, 2.75) is 13.8 Å². The van der Waals surface area contributed by atoms with Crippen LogP contribution in [0.15, 0.2) is 23.6 Å². The van der Waals surface area contributed by atoms with Gasteiger partial charge in [-0.3, -0.25) is 4.79 Å². The molecule has 104 valence electrons. The van der Waals surface area contributed by atoms with Crippen LogP contribution in [-0.4, -0.2) is 17.0 Å². The van der Waals surface area contributed by atoms with Gasteiger partial charge in [-0.05, 0) is 37.6 Å². The number of nitrogens with one attached hydrogen (secondary N) is 1. The second-order valence-corrected chi connectivity index (χ2v) is 5.78. The Kier molecular flexibility index (Phi) is 4.11. The molecule has 0 unspecified atom stereocenters. The van der Waals surface area contributed by atoms with E-state index in [2.05, 4.69) is 5.32 Å².